The summed E-state index contributed by atoms with van der Waals surface area (Å²) in [7, 11) is 0. The van der Waals surface area contributed by atoms with Gasteiger partial charge in [0, 0.05) is 55.1 Å². The normalized spacial score (nSPS) is 17.0. The van der Waals surface area contributed by atoms with Crippen LogP contribution in [-0.4, -0.2) is 19.9 Å². The fourth-order valence-electron chi connectivity index (χ4n) is 8.63. The standard InChI is InChI=1S/C53H49N7/c1-7-19-38(20-8-1)31-32-44-33-45(58-52(57-44)55-36-40-23-11-3-12-24-40)50-48(42-27-15-5-16-28-42)51(49(50)43-29-17-6-18-30-43)46-34-47(54-35-39-21-9-2-10-22-39)60-53(59-46)56-37-41-25-13-4-14-26-41/h1-30,33-34,48-51H,31-32,35-37H2,(H,55,57,58)(H2,54,56,59,60)/t48-,49-,50?,51?/m1/s1. The highest BCUT2D eigenvalue weighted by Crippen LogP contribution is 2.66. The Morgan fingerprint density at radius 1 is 0.333 bits per heavy atom. The van der Waals surface area contributed by atoms with E-state index in [9.17, 15) is 0 Å². The minimum atomic E-state index is 0.0285. The van der Waals surface area contributed by atoms with E-state index in [1.165, 1.54) is 33.4 Å². The number of nitrogens with zero attached hydrogens (tertiary/aromatic N) is 4. The van der Waals surface area contributed by atoms with E-state index in [0.717, 1.165) is 35.7 Å². The molecule has 6 aromatic carbocycles. The Hall–Kier alpha value is -7.12. The van der Waals surface area contributed by atoms with Crippen LogP contribution in [0.5, 0.6) is 0 Å². The lowest BCUT2D eigenvalue weighted by Gasteiger charge is -2.52. The maximum atomic E-state index is 5.39. The van der Waals surface area contributed by atoms with Crippen molar-refractivity contribution < 1.29 is 0 Å². The van der Waals surface area contributed by atoms with Crippen LogP contribution >= 0.6 is 0 Å². The maximum Gasteiger partial charge on any atom is 0.225 e. The van der Waals surface area contributed by atoms with Crippen molar-refractivity contribution in [2.75, 3.05) is 16.0 Å². The summed E-state index contributed by atoms with van der Waals surface area (Å²) in [6.45, 7) is 1.90. The largest absolute Gasteiger partial charge is 0.366 e. The van der Waals surface area contributed by atoms with Gasteiger partial charge in [-0.1, -0.05) is 182 Å². The monoisotopic (exact) mass is 783 g/mol. The minimum Gasteiger partial charge on any atom is -0.366 e. The lowest BCUT2D eigenvalue weighted by Crippen LogP contribution is -2.41. The van der Waals surface area contributed by atoms with Crippen LogP contribution in [0.15, 0.2) is 194 Å². The fourth-order valence-corrected chi connectivity index (χ4v) is 8.63. The van der Waals surface area contributed by atoms with Crippen molar-refractivity contribution in [2.45, 2.75) is 56.1 Å². The van der Waals surface area contributed by atoms with Gasteiger partial charge in [-0.05, 0) is 52.3 Å². The average molecular weight is 784 g/mol. The van der Waals surface area contributed by atoms with Crippen LogP contribution in [0.2, 0.25) is 0 Å². The van der Waals surface area contributed by atoms with Gasteiger partial charge in [-0.25, -0.2) is 15.0 Å². The van der Waals surface area contributed by atoms with E-state index in [1.807, 2.05) is 18.2 Å². The molecule has 7 nitrogen and oxygen atoms in total. The molecule has 0 saturated heterocycles. The number of anilines is 3. The highest BCUT2D eigenvalue weighted by molar-refractivity contribution is 5.51. The Labute approximate surface area is 353 Å². The van der Waals surface area contributed by atoms with Gasteiger partial charge < -0.3 is 16.0 Å². The van der Waals surface area contributed by atoms with Crippen molar-refractivity contribution in [3.8, 4) is 0 Å². The van der Waals surface area contributed by atoms with E-state index in [0.29, 0.717) is 31.5 Å². The molecule has 0 radical (unpaired) electrons. The van der Waals surface area contributed by atoms with Crippen molar-refractivity contribution in [1.29, 1.82) is 0 Å². The summed E-state index contributed by atoms with van der Waals surface area (Å²) in [5, 5.41) is 10.8. The van der Waals surface area contributed by atoms with Gasteiger partial charge >= 0.3 is 0 Å². The average Bonchev–Trinajstić information content (AvgIpc) is 3.30. The number of benzene rings is 6. The third kappa shape index (κ3) is 9.27. The molecule has 7 heteroatoms. The first-order valence-electron chi connectivity index (χ1n) is 21.0. The van der Waals surface area contributed by atoms with Crippen molar-refractivity contribution in [3.63, 3.8) is 0 Å². The Morgan fingerprint density at radius 2 is 0.717 bits per heavy atom. The topological polar surface area (TPSA) is 87.7 Å². The molecule has 0 spiro atoms. The summed E-state index contributed by atoms with van der Waals surface area (Å²) in [5.41, 5.74) is 10.4. The molecule has 0 aliphatic heterocycles. The van der Waals surface area contributed by atoms with E-state index < -0.39 is 0 Å². The number of hydrogen-bond donors (Lipinski definition) is 3. The van der Waals surface area contributed by atoms with Crippen molar-refractivity contribution in [3.05, 3.63) is 245 Å². The first-order valence-corrected chi connectivity index (χ1v) is 21.0. The van der Waals surface area contributed by atoms with Gasteiger partial charge in [0.05, 0.1) is 11.4 Å². The molecule has 3 N–H and O–H groups in total. The minimum absolute atomic E-state index is 0.0285. The fraction of sp³-hybridized carbons (Fsp3) is 0.170. The van der Waals surface area contributed by atoms with Gasteiger partial charge in [-0.3, -0.25) is 0 Å². The van der Waals surface area contributed by atoms with E-state index in [2.05, 4.69) is 192 Å². The van der Waals surface area contributed by atoms with E-state index in [1.54, 1.807) is 0 Å². The Kier molecular flexibility index (Phi) is 11.9. The van der Waals surface area contributed by atoms with Gasteiger partial charge in [-0.2, -0.15) is 4.98 Å². The van der Waals surface area contributed by atoms with E-state index in [4.69, 9.17) is 19.9 Å². The SMILES string of the molecule is c1ccc(CCc2cc(C3[C@@H](c4ccccc4)C(c4cc(NCc5ccccc5)nc(NCc5ccccc5)n4)[C@@H]3c3ccccc3)nc(NCc3ccccc3)n2)cc1. The Bertz CT molecular complexity index is 2240. The zero-order chi connectivity index (χ0) is 40.4. The van der Waals surface area contributed by atoms with Crippen LogP contribution in [0.1, 0.15) is 74.1 Å². The lowest BCUT2D eigenvalue weighted by molar-refractivity contribution is 0.220. The molecule has 2 aromatic heterocycles. The maximum absolute atomic E-state index is 5.39. The van der Waals surface area contributed by atoms with Crippen molar-refractivity contribution in [1.82, 2.24) is 19.9 Å². The van der Waals surface area contributed by atoms with Crippen molar-refractivity contribution in [2.24, 2.45) is 0 Å². The zero-order valence-corrected chi connectivity index (χ0v) is 33.6. The van der Waals surface area contributed by atoms with Gasteiger partial charge in [0.25, 0.3) is 0 Å². The predicted molar refractivity (Wildman–Crippen MR) is 243 cm³/mol. The van der Waals surface area contributed by atoms with Crippen LogP contribution in [0.25, 0.3) is 0 Å². The third-order valence-corrected chi connectivity index (χ3v) is 11.6. The quantitative estimate of drug-likeness (QED) is 0.0899. The zero-order valence-electron chi connectivity index (χ0n) is 33.6. The molecule has 60 heavy (non-hydrogen) atoms. The summed E-state index contributed by atoms with van der Waals surface area (Å²) >= 11 is 0. The van der Waals surface area contributed by atoms with E-state index in [-0.39, 0.29) is 23.7 Å². The predicted octanol–water partition coefficient (Wildman–Crippen LogP) is 11.3. The molecule has 0 amide bonds. The van der Waals surface area contributed by atoms with Gasteiger partial charge in [0.2, 0.25) is 11.9 Å². The first kappa shape index (κ1) is 38.4. The van der Waals surface area contributed by atoms with Crippen LogP contribution in [0.3, 0.4) is 0 Å². The summed E-state index contributed by atoms with van der Waals surface area (Å²) < 4.78 is 0. The molecule has 8 aromatic rings. The highest BCUT2D eigenvalue weighted by Gasteiger charge is 2.54. The number of nitrogens with one attached hydrogen (secondary N) is 3. The second-order valence-corrected chi connectivity index (χ2v) is 15.5. The van der Waals surface area contributed by atoms with Gasteiger partial charge in [0.15, 0.2) is 0 Å². The number of rotatable bonds is 16. The van der Waals surface area contributed by atoms with E-state index >= 15 is 0 Å². The molecule has 9 rings (SSSR count). The molecule has 2 atom stereocenters. The molecule has 1 aliphatic rings. The summed E-state index contributed by atoms with van der Waals surface area (Å²) in [4.78, 5) is 20.9. The summed E-state index contributed by atoms with van der Waals surface area (Å²) in [6.07, 6.45) is 1.70. The van der Waals surface area contributed by atoms with Crippen molar-refractivity contribution >= 4 is 17.7 Å². The number of aryl methyl sites for hydroxylation is 2. The Balaban J connectivity index is 1.14. The lowest BCUT2D eigenvalue weighted by atomic mass is 9.50. The molecule has 1 fully saturated rings. The summed E-state index contributed by atoms with van der Waals surface area (Å²) in [6, 6.07) is 68.3. The molecule has 2 heterocycles. The summed E-state index contributed by atoms with van der Waals surface area (Å²) in [5.74, 6) is 2.28. The third-order valence-electron chi connectivity index (χ3n) is 11.6. The van der Waals surface area contributed by atoms with Crippen LogP contribution in [0.4, 0.5) is 17.7 Å². The molecule has 1 aliphatic carbocycles. The molecule has 0 bridgehead atoms. The number of aromatic nitrogens is 4. The molecular formula is C53H49N7. The van der Waals surface area contributed by atoms with Crippen LogP contribution in [0, 0.1) is 0 Å². The van der Waals surface area contributed by atoms with Crippen LogP contribution < -0.4 is 16.0 Å². The van der Waals surface area contributed by atoms with Gasteiger partial charge in [-0.15, -0.1) is 0 Å². The van der Waals surface area contributed by atoms with Crippen LogP contribution in [-0.2, 0) is 32.5 Å². The first-order chi connectivity index (χ1) is 29.7. The Morgan fingerprint density at radius 3 is 1.18 bits per heavy atom. The molecule has 1 saturated carbocycles. The smallest absolute Gasteiger partial charge is 0.225 e. The van der Waals surface area contributed by atoms with Gasteiger partial charge in [0.1, 0.15) is 5.82 Å². The molecule has 296 valence electrons. The number of hydrogen-bond acceptors (Lipinski definition) is 7. The second-order valence-electron chi connectivity index (χ2n) is 15.5. The highest BCUT2D eigenvalue weighted by atomic mass is 15.1. The second kappa shape index (κ2) is 18.6. The molecular weight excluding hydrogens is 735 g/mol. The molecule has 0 unspecified atom stereocenters.